The average Bonchev–Trinajstić information content (AvgIpc) is 3.19. The third kappa shape index (κ3) is 4.29. The second-order valence-electron chi connectivity index (χ2n) is 7.93. The molecule has 1 atom stereocenters. The van der Waals surface area contributed by atoms with Gasteiger partial charge in [-0.1, -0.05) is 6.92 Å². The van der Waals surface area contributed by atoms with Crippen molar-refractivity contribution in [3.63, 3.8) is 0 Å². The van der Waals surface area contributed by atoms with E-state index in [1.165, 1.54) is 35.5 Å². The molecule has 0 aliphatic carbocycles. The first kappa shape index (κ1) is 20.6. The van der Waals surface area contributed by atoms with Crippen LogP contribution in [0.3, 0.4) is 0 Å². The zero-order valence-electron chi connectivity index (χ0n) is 17.1. The van der Waals surface area contributed by atoms with Crippen LogP contribution >= 0.6 is 0 Å². The van der Waals surface area contributed by atoms with E-state index in [1.807, 2.05) is 4.90 Å². The number of nitrogens with two attached hydrogens (primary N) is 2. The molecule has 4 rings (SSSR count). The lowest BCUT2D eigenvalue weighted by Gasteiger charge is -2.18. The molecule has 0 unspecified atom stereocenters. The van der Waals surface area contributed by atoms with Crippen LogP contribution in [0.1, 0.15) is 29.3 Å². The summed E-state index contributed by atoms with van der Waals surface area (Å²) in [7, 11) is 0. The Kier molecular flexibility index (Phi) is 5.48. The van der Waals surface area contributed by atoms with Crippen molar-refractivity contribution in [2.45, 2.75) is 13.3 Å². The number of carbonyl (C=O) groups excluding carboxylic acids is 1. The van der Waals surface area contributed by atoms with Crippen LogP contribution in [0.4, 0.5) is 10.1 Å². The summed E-state index contributed by atoms with van der Waals surface area (Å²) >= 11 is 0. The fourth-order valence-electron chi connectivity index (χ4n) is 3.76. The molecule has 8 heteroatoms. The number of aromatic amines is 1. The van der Waals surface area contributed by atoms with Gasteiger partial charge in [-0.25, -0.2) is 10.2 Å². The molecule has 0 saturated carbocycles. The molecule has 1 aromatic heterocycles. The number of hydrazine groups is 1. The van der Waals surface area contributed by atoms with Gasteiger partial charge in [0, 0.05) is 35.8 Å². The molecule has 0 spiro atoms. The number of benzene rings is 2. The molecular weight excluding hydrogens is 397 g/mol. The minimum Gasteiger partial charge on any atom is -0.397 e. The van der Waals surface area contributed by atoms with E-state index in [1.54, 1.807) is 24.3 Å². The molecule has 1 amide bonds. The fourth-order valence-corrected chi connectivity index (χ4v) is 3.76. The third-order valence-corrected chi connectivity index (χ3v) is 5.52. The first-order chi connectivity index (χ1) is 14.8. The monoisotopic (exact) mass is 421 g/mol. The van der Waals surface area contributed by atoms with Crippen molar-refractivity contribution in [3.8, 4) is 0 Å². The lowest BCUT2D eigenvalue weighted by molar-refractivity contribution is 0.0788. The third-order valence-electron chi connectivity index (χ3n) is 5.52. The summed E-state index contributed by atoms with van der Waals surface area (Å²) in [4.78, 5) is 29.5. The summed E-state index contributed by atoms with van der Waals surface area (Å²) in [5, 5.41) is 1.80. The zero-order valence-corrected chi connectivity index (χ0v) is 17.1. The quantitative estimate of drug-likeness (QED) is 0.443. The summed E-state index contributed by atoms with van der Waals surface area (Å²) in [5.74, 6) is 6.21. The first-order valence-electron chi connectivity index (χ1n) is 10.1. The Morgan fingerprint density at radius 2 is 1.97 bits per heavy atom. The number of anilines is 1. The Morgan fingerprint density at radius 1 is 1.23 bits per heavy atom. The molecule has 0 bridgehead atoms. The van der Waals surface area contributed by atoms with Crippen molar-refractivity contribution in [1.29, 1.82) is 0 Å². The molecule has 5 N–H and O–H groups in total. The molecule has 1 saturated heterocycles. The predicted octanol–water partition coefficient (Wildman–Crippen LogP) is 2.79. The zero-order chi connectivity index (χ0) is 22.1. The maximum Gasteiger partial charge on any atom is 0.257 e. The molecular formula is C23H24FN5O2. The van der Waals surface area contributed by atoms with Gasteiger partial charge >= 0.3 is 0 Å². The van der Waals surface area contributed by atoms with E-state index in [9.17, 15) is 14.0 Å². The number of H-pyrrole nitrogens is 1. The SMILES string of the molecule is C[C@H]1CCN(C(=O)c2ccc(N(N)/C=C(\N)c3cc4cc(F)ccc4[nH]c3=O)cc2)C1. The van der Waals surface area contributed by atoms with Crippen LogP contribution in [-0.4, -0.2) is 28.9 Å². The highest BCUT2D eigenvalue weighted by Gasteiger charge is 2.24. The van der Waals surface area contributed by atoms with E-state index in [0.717, 1.165) is 19.5 Å². The number of carbonyl (C=O) groups is 1. The number of nitrogens with one attached hydrogen (secondary N) is 1. The van der Waals surface area contributed by atoms with Crippen LogP contribution < -0.4 is 22.1 Å². The summed E-state index contributed by atoms with van der Waals surface area (Å²) < 4.78 is 13.5. The van der Waals surface area contributed by atoms with Crippen LogP contribution in [0, 0.1) is 11.7 Å². The molecule has 1 fully saturated rings. The highest BCUT2D eigenvalue weighted by Crippen LogP contribution is 2.21. The highest BCUT2D eigenvalue weighted by molar-refractivity contribution is 5.94. The maximum absolute atomic E-state index is 13.5. The van der Waals surface area contributed by atoms with Crippen LogP contribution in [0.2, 0.25) is 0 Å². The van der Waals surface area contributed by atoms with Crippen molar-refractivity contribution in [1.82, 2.24) is 9.88 Å². The highest BCUT2D eigenvalue weighted by atomic mass is 19.1. The van der Waals surface area contributed by atoms with Crippen molar-refractivity contribution in [2.24, 2.45) is 17.5 Å². The standard InChI is InChI=1S/C23H24FN5O2/c1-14-8-9-28(12-14)23(31)15-2-5-18(6-3-15)29(26)13-20(25)19-11-16-10-17(24)4-7-21(16)27-22(19)30/h2-7,10-11,13-14H,8-9,12,25-26H2,1H3,(H,27,30)/b20-13-/t14-/m0/s1. The van der Waals surface area contributed by atoms with Gasteiger partial charge in [0.05, 0.1) is 16.9 Å². The van der Waals surface area contributed by atoms with Gasteiger partial charge in [-0.15, -0.1) is 0 Å². The Balaban J connectivity index is 1.55. The van der Waals surface area contributed by atoms with Gasteiger partial charge in [0.25, 0.3) is 11.5 Å². The number of amides is 1. The summed E-state index contributed by atoms with van der Waals surface area (Å²) in [6.07, 6.45) is 2.43. The molecule has 1 aliphatic rings. The number of fused-ring (bicyclic) bond motifs is 1. The van der Waals surface area contributed by atoms with Gasteiger partial charge in [-0.3, -0.25) is 14.6 Å². The van der Waals surface area contributed by atoms with E-state index in [2.05, 4.69) is 11.9 Å². The number of halogens is 1. The van der Waals surface area contributed by atoms with Crippen molar-refractivity contribution < 1.29 is 9.18 Å². The van der Waals surface area contributed by atoms with Crippen LogP contribution in [-0.2, 0) is 0 Å². The minimum absolute atomic E-state index is 0.00413. The maximum atomic E-state index is 13.5. The van der Waals surface area contributed by atoms with Crippen LogP contribution in [0.15, 0.2) is 59.5 Å². The fraction of sp³-hybridized carbons (Fsp3) is 0.217. The largest absolute Gasteiger partial charge is 0.397 e. The first-order valence-corrected chi connectivity index (χ1v) is 10.1. The minimum atomic E-state index is -0.411. The summed E-state index contributed by atoms with van der Waals surface area (Å²) in [6.45, 7) is 3.68. The Bertz CT molecular complexity index is 1220. The van der Waals surface area contributed by atoms with Gasteiger partial charge in [-0.05, 0) is 60.9 Å². The Labute approximate surface area is 178 Å². The van der Waals surface area contributed by atoms with E-state index in [-0.39, 0.29) is 17.2 Å². The van der Waals surface area contributed by atoms with Gasteiger partial charge in [0.2, 0.25) is 0 Å². The van der Waals surface area contributed by atoms with Crippen molar-refractivity contribution in [2.75, 3.05) is 18.1 Å². The number of rotatable bonds is 4. The van der Waals surface area contributed by atoms with E-state index in [4.69, 9.17) is 11.6 Å². The number of aromatic nitrogens is 1. The number of hydrogen-bond donors (Lipinski definition) is 3. The molecule has 31 heavy (non-hydrogen) atoms. The van der Waals surface area contributed by atoms with Gasteiger partial charge in [-0.2, -0.15) is 0 Å². The molecule has 3 aromatic rings. The second kappa shape index (κ2) is 8.23. The normalized spacial score (nSPS) is 16.7. The number of likely N-dealkylation sites (tertiary alicyclic amines) is 1. The number of hydrogen-bond acceptors (Lipinski definition) is 5. The lowest BCUT2D eigenvalue weighted by Crippen LogP contribution is -2.29. The summed E-state index contributed by atoms with van der Waals surface area (Å²) in [6, 6.07) is 12.5. The van der Waals surface area contributed by atoms with E-state index < -0.39 is 11.4 Å². The smallest absolute Gasteiger partial charge is 0.257 e. The van der Waals surface area contributed by atoms with Crippen LogP contribution in [0.25, 0.3) is 16.6 Å². The number of nitrogens with zero attached hydrogens (tertiary/aromatic N) is 2. The van der Waals surface area contributed by atoms with E-state index >= 15 is 0 Å². The van der Waals surface area contributed by atoms with Gasteiger partial charge < -0.3 is 15.6 Å². The lowest BCUT2D eigenvalue weighted by atomic mass is 10.1. The van der Waals surface area contributed by atoms with Crippen molar-refractivity contribution in [3.05, 3.63) is 82.0 Å². The summed E-state index contributed by atoms with van der Waals surface area (Å²) in [5.41, 5.74) is 7.71. The topological polar surface area (TPSA) is 108 Å². The van der Waals surface area contributed by atoms with Gasteiger partial charge in [0.15, 0.2) is 0 Å². The molecule has 2 aromatic carbocycles. The Morgan fingerprint density at radius 3 is 2.65 bits per heavy atom. The Hall–Kier alpha value is -3.65. The van der Waals surface area contributed by atoms with E-state index in [0.29, 0.717) is 28.1 Å². The molecule has 0 radical (unpaired) electrons. The van der Waals surface area contributed by atoms with Crippen molar-refractivity contribution >= 4 is 28.2 Å². The molecule has 1 aliphatic heterocycles. The van der Waals surface area contributed by atoms with Gasteiger partial charge in [0.1, 0.15) is 5.82 Å². The van der Waals surface area contributed by atoms with Crippen LogP contribution in [0.5, 0.6) is 0 Å². The second-order valence-corrected chi connectivity index (χ2v) is 7.93. The molecule has 7 nitrogen and oxygen atoms in total. The number of pyridine rings is 1. The molecule has 160 valence electrons. The predicted molar refractivity (Wildman–Crippen MR) is 119 cm³/mol. The average molecular weight is 421 g/mol. The molecule has 2 heterocycles.